The minimum Gasteiger partial charge on any atom is -0.480 e. The number of halogens is 3. The highest BCUT2D eigenvalue weighted by Crippen LogP contribution is 2.27. The first-order valence-electron chi connectivity index (χ1n) is 3.00. The second kappa shape index (κ2) is 3.62. The van der Waals surface area contributed by atoms with Crippen molar-refractivity contribution < 1.29 is 13.5 Å². The standard InChI is InChI=1S/C6H5ClF2N2O/c1-12-6-3(5(8)9)2-4(7)10-11-6/h2,5H,1H3. The average molecular weight is 195 g/mol. The Hall–Kier alpha value is -0.970. The molecule has 0 radical (unpaired) electrons. The molecule has 0 saturated carbocycles. The van der Waals surface area contributed by atoms with Gasteiger partial charge in [0.1, 0.15) is 0 Å². The fraction of sp³-hybridized carbons (Fsp3) is 0.333. The summed E-state index contributed by atoms with van der Waals surface area (Å²) in [6, 6.07) is 1.03. The highest BCUT2D eigenvalue weighted by Gasteiger charge is 2.15. The fourth-order valence-electron chi connectivity index (χ4n) is 0.685. The van der Waals surface area contributed by atoms with Crippen molar-refractivity contribution in [3.63, 3.8) is 0 Å². The van der Waals surface area contributed by atoms with Crippen LogP contribution in [0.15, 0.2) is 6.07 Å². The lowest BCUT2D eigenvalue weighted by atomic mass is 10.3. The number of alkyl halides is 2. The normalized spacial score (nSPS) is 10.4. The number of nitrogens with zero attached hydrogens (tertiary/aromatic N) is 2. The molecule has 0 atom stereocenters. The summed E-state index contributed by atoms with van der Waals surface area (Å²) < 4.78 is 28.9. The van der Waals surface area contributed by atoms with Gasteiger partial charge >= 0.3 is 0 Å². The van der Waals surface area contributed by atoms with Crippen molar-refractivity contribution in [2.75, 3.05) is 7.11 Å². The van der Waals surface area contributed by atoms with Crippen molar-refractivity contribution in [3.05, 3.63) is 16.8 Å². The summed E-state index contributed by atoms with van der Waals surface area (Å²) in [7, 11) is 1.24. The maximum atomic E-state index is 12.2. The SMILES string of the molecule is COc1nnc(Cl)cc1C(F)F. The molecular weight excluding hydrogens is 190 g/mol. The van der Waals surface area contributed by atoms with E-state index in [1.807, 2.05) is 0 Å². The van der Waals surface area contributed by atoms with Crippen LogP contribution in [0.25, 0.3) is 0 Å². The number of hydrogen-bond acceptors (Lipinski definition) is 3. The van der Waals surface area contributed by atoms with Crippen molar-refractivity contribution in [2.24, 2.45) is 0 Å². The highest BCUT2D eigenvalue weighted by atomic mass is 35.5. The molecule has 1 aromatic rings. The minimum absolute atomic E-state index is 0.0777. The molecule has 1 aromatic heterocycles. The molecule has 0 aromatic carbocycles. The Morgan fingerprint density at radius 2 is 2.17 bits per heavy atom. The Kier molecular flexibility index (Phi) is 2.75. The topological polar surface area (TPSA) is 35.0 Å². The minimum atomic E-state index is -2.66. The summed E-state index contributed by atoms with van der Waals surface area (Å²) in [5.41, 5.74) is -0.350. The van der Waals surface area contributed by atoms with Gasteiger partial charge < -0.3 is 4.74 Å². The van der Waals surface area contributed by atoms with Gasteiger partial charge in [-0.05, 0) is 6.07 Å². The molecule has 0 fully saturated rings. The number of rotatable bonds is 2. The van der Waals surface area contributed by atoms with Crippen LogP contribution in [0.4, 0.5) is 8.78 Å². The van der Waals surface area contributed by atoms with E-state index in [2.05, 4.69) is 14.9 Å². The molecule has 1 heterocycles. The van der Waals surface area contributed by atoms with Gasteiger partial charge in [0.05, 0.1) is 12.7 Å². The number of methoxy groups -OCH3 is 1. The van der Waals surface area contributed by atoms with E-state index in [0.29, 0.717) is 0 Å². The first-order valence-corrected chi connectivity index (χ1v) is 3.38. The Balaban J connectivity index is 3.12. The van der Waals surface area contributed by atoms with Gasteiger partial charge in [0.2, 0.25) is 5.88 Å². The van der Waals surface area contributed by atoms with E-state index in [-0.39, 0.29) is 16.6 Å². The zero-order valence-corrected chi connectivity index (χ0v) is 6.85. The van der Waals surface area contributed by atoms with Crippen LogP contribution < -0.4 is 4.74 Å². The van der Waals surface area contributed by atoms with Crippen LogP contribution >= 0.6 is 11.6 Å². The summed E-state index contributed by atoms with van der Waals surface area (Å²) in [5.74, 6) is -0.200. The van der Waals surface area contributed by atoms with Crippen LogP contribution in [0.1, 0.15) is 12.0 Å². The number of hydrogen-bond donors (Lipinski definition) is 0. The largest absolute Gasteiger partial charge is 0.480 e. The van der Waals surface area contributed by atoms with Crippen molar-refractivity contribution in [2.45, 2.75) is 6.43 Å². The Morgan fingerprint density at radius 1 is 1.50 bits per heavy atom. The first-order chi connectivity index (χ1) is 5.65. The summed E-state index contributed by atoms with van der Waals surface area (Å²) in [4.78, 5) is 0. The predicted molar refractivity (Wildman–Crippen MR) is 38.6 cm³/mol. The van der Waals surface area contributed by atoms with Gasteiger partial charge in [0, 0.05) is 0 Å². The van der Waals surface area contributed by atoms with Gasteiger partial charge in [0.15, 0.2) is 5.15 Å². The van der Waals surface area contributed by atoms with E-state index < -0.39 is 6.43 Å². The molecule has 12 heavy (non-hydrogen) atoms. The monoisotopic (exact) mass is 194 g/mol. The molecule has 6 heteroatoms. The van der Waals surface area contributed by atoms with Crippen molar-refractivity contribution >= 4 is 11.6 Å². The first kappa shape index (κ1) is 9.12. The second-order valence-electron chi connectivity index (χ2n) is 1.93. The van der Waals surface area contributed by atoms with Crippen LogP contribution in [-0.4, -0.2) is 17.3 Å². The van der Waals surface area contributed by atoms with Gasteiger partial charge in [-0.1, -0.05) is 11.6 Å². The van der Waals surface area contributed by atoms with Gasteiger partial charge in [-0.25, -0.2) is 8.78 Å². The van der Waals surface area contributed by atoms with Gasteiger partial charge in [-0.3, -0.25) is 0 Å². The number of aromatic nitrogens is 2. The van der Waals surface area contributed by atoms with Crippen LogP contribution in [0, 0.1) is 0 Å². The van der Waals surface area contributed by atoms with E-state index in [1.54, 1.807) is 0 Å². The summed E-state index contributed by atoms with van der Waals surface area (Å²) in [6.07, 6.45) is -2.66. The third-order valence-electron chi connectivity index (χ3n) is 1.19. The van der Waals surface area contributed by atoms with E-state index in [1.165, 1.54) is 7.11 Å². The molecule has 0 aliphatic rings. The van der Waals surface area contributed by atoms with E-state index in [4.69, 9.17) is 11.6 Å². The fourth-order valence-corrected chi connectivity index (χ4v) is 0.840. The molecule has 1 rings (SSSR count). The Morgan fingerprint density at radius 3 is 2.67 bits per heavy atom. The van der Waals surface area contributed by atoms with Gasteiger partial charge in [-0.2, -0.15) is 0 Å². The molecule has 0 N–H and O–H groups in total. The van der Waals surface area contributed by atoms with Gasteiger partial charge in [-0.15, -0.1) is 10.2 Å². The molecule has 0 saturated heterocycles. The van der Waals surface area contributed by atoms with Gasteiger partial charge in [0.25, 0.3) is 6.43 Å². The molecule has 3 nitrogen and oxygen atoms in total. The molecule has 66 valence electrons. The lowest BCUT2D eigenvalue weighted by Gasteiger charge is -2.04. The molecule has 0 bridgehead atoms. The summed E-state index contributed by atoms with van der Waals surface area (Å²) >= 11 is 5.36. The third-order valence-corrected chi connectivity index (χ3v) is 1.37. The van der Waals surface area contributed by atoms with Crippen molar-refractivity contribution in [3.8, 4) is 5.88 Å². The maximum Gasteiger partial charge on any atom is 0.269 e. The Labute approximate surface area is 72.3 Å². The molecule has 0 aliphatic carbocycles. The Bertz CT molecular complexity index is 282. The van der Waals surface area contributed by atoms with Crippen molar-refractivity contribution in [1.29, 1.82) is 0 Å². The van der Waals surface area contributed by atoms with Crippen LogP contribution in [0.3, 0.4) is 0 Å². The van der Waals surface area contributed by atoms with Crippen LogP contribution in [-0.2, 0) is 0 Å². The average Bonchev–Trinajstić information content (AvgIpc) is 2.04. The quantitative estimate of drug-likeness (QED) is 0.723. The predicted octanol–water partition coefficient (Wildman–Crippen LogP) is 2.08. The molecule has 0 amide bonds. The zero-order chi connectivity index (χ0) is 9.14. The van der Waals surface area contributed by atoms with E-state index in [0.717, 1.165) is 6.07 Å². The lowest BCUT2D eigenvalue weighted by molar-refractivity contribution is 0.145. The van der Waals surface area contributed by atoms with Crippen molar-refractivity contribution in [1.82, 2.24) is 10.2 Å². The lowest BCUT2D eigenvalue weighted by Crippen LogP contribution is -1.97. The number of ether oxygens (including phenoxy) is 1. The zero-order valence-electron chi connectivity index (χ0n) is 6.09. The molecule has 0 unspecified atom stereocenters. The van der Waals surface area contributed by atoms with E-state index >= 15 is 0 Å². The second-order valence-corrected chi connectivity index (χ2v) is 2.32. The molecular formula is C6H5ClF2N2O. The molecule has 0 spiro atoms. The smallest absolute Gasteiger partial charge is 0.269 e. The van der Waals surface area contributed by atoms with E-state index in [9.17, 15) is 8.78 Å². The molecule has 0 aliphatic heterocycles. The third kappa shape index (κ3) is 1.79. The van der Waals surface area contributed by atoms with Crippen LogP contribution in [0.2, 0.25) is 5.15 Å². The summed E-state index contributed by atoms with van der Waals surface area (Å²) in [6.45, 7) is 0. The maximum absolute atomic E-state index is 12.2. The highest BCUT2D eigenvalue weighted by molar-refractivity contribution is 6.29. The van der Waals surface area contributed by atoms with Crippen LogP contribution in [0.5, 0.6) is 5.88 Å². The summed E-state index contributed by atoms with van der Waals surface area (Å²) in [5, 5.41) is 6.61.